The van der Waals surface area contributed by atoms with E-state index in [4.69, 9.17) is 5.11 Å². The number of carboxylic acid groups (broad SMARTS) is 1. The first-order valence-electron chi connectivity index (χ1n) is 5.94. The first kappa shape index (κ1) is 13.8. The molecule has 2 atom stereocenters. The maximum Gasteiger partial charge on any atom is 0.326 e. The summed E-state index contributed by atoms with van der Waals surface area (Å²) in [5.74, 6) is -1.07. The summed E-state index contributed by atoms with van der Waals surface area (Å²) in [7, 11) is 1.63. The van der Waals surface area contributed by atoms with E-state index in [1.807, 2.05) is 17.5 Å². The molecule has 0 spiro atoms. The quantitative estimate of drug-likeness (QED) is 0.861. The number of β-amino-alcohol motifs (C(OH)–C–C–N with tert-alkyl or cyclic N) is 1. The van der Waals surface area contributed by atoms with Crippen LogP contribution in [0.1, 0.15) is 11.3 Å². The lowest BCUT2D eigenvalue weighted by Crippen LogP contribution is -2.46. The van der Waals surface area contributed by atoms with Crippen molar-refractivity contribution in [2.75, 3.05) is 13.6 Å². The van der Waals surface area contributed by atoms with Crippen LogP contribution in [0, 0.1) is 0 Å². The predicted molar refractivity (Wildman–Crippen MR) is 69.9 cm³/mol. The van der Waals surface area contributed by atoms with Crippen LogP contribution >= 0.6 is 11.3 Å². The van der Waals surface area contributed by atoms with E-state index in [-0.39, 0.29) is 19.0 Å². The average Bonchev–Trinajstić information content (AvgIpc) is 2.97. The summed E-state index contributed by atoms with van der Waals surface area (Å²) in [6, 6.07) is 2.52. The number of carbonyl (C=O) groups is 2. The van der Waals surface area contributed by atoms with Crippen molar-refractivity contribution in [1.29, 1.82) is 0 Å². The van der Waals surface area contributed by atoms with E-state index < -0.39 is 18.1 Å². The number of carboxylic acids is 1. The van der Waals surface area contributed by atoms with Crippen LogP contribution in [0.3, 0.4) is 0 Å². The Bertz CT molecular complexity index is 462. The van der Waals surface area contributed by atoms with E-state index in [2.05, 4.69) is 0 Å². The number of aliphatic hydroxyl groups excluding tert-OH is 1. The van der Waals surface area contributed by atoms with E-state index >= 15 is 0 Å². The summed E-state index contributed by atoms with van der Waals surface area (Å²) in [5.41, 5.74) is 0. The molecule has 0 aromatic carbocycles. The Morgan fingerprint density at radius 3 is 2.89 bits per heavy atom. The van der Waals surface area contributed by atoms with E-state index in [0.717, 1.165) is 4.88 Å². The zero-order valence-corrected chi connectivity index (χ0v) is 11.3. The van der Waals surface area contributed by atoms with Crippen molar-refractivity contribution in [2.24, 2.45) is 0 Å². The maximum atomic E-state index is 12.2. The number of thiophene rings is 1. The van der Waals surface area contributed by atoms with Crippen LogP contribution in [0.4, 0.5) is 4.79 Å². The minimum absolute atomic E-state index is 0.0740. The van der Waals surface area contributed by atoms with Gasteiger partial charge in [-0.25, -0.2) is 9.59 Å². The Labute approximate surface area is 114 Å². The molecule has 2 rings (SSSR count). The standard InChI is InChI=1S/C12H16N2O4S/c1-13(7-9-3-2-4-19-9)12(18)14-6-8(15)5-10(14)11(16)17/h2-4,8,10,15H,5-7H2,1H3,(H,16,17). The fourth-order valence-electron chi connectivity index (χ4n) is 2.18. The molecule has 0 radical (unpaired) electrons. The van der Waals surface area contributed by atoms with Gasteiger partial charge in [0, 0.05) is 24.9 Å². The minimum atomic E-state index is -1.07. The third-order valence-electron chi connectivity index (χ3n) is 3.11. The van der Waals surface area contributed by atoms with Crippen molar-refractivity contribution < 1.29 is 19.8 Å². The Morgan fingerprint density at radius 1 is 1.58 bits per heavy atom. The van der Waals surface area contributed by atoms with Crippen molar-refractivity contribution in [3.8, 4) is 0 Å². The molecule has 0 bridgehead atoms. The first-order valence-corrected chi connectivity index (χ1v) is 6.82. The van der Waals surface area contributed by atoms with Crippen molar-refractivity contribution in [2.45, 2.75) is 25.1 Å². The summed E-state index contributed by atoms with van der Waals surface area (Å²) >= 11 is 1.54. The highest BCUT2D eigenvalue weighted by molar-refractivity contribution is 7.09. The summed E-state index contributed by atoms with van der Waals surface area (Å²) in [5, 5.41) is 20.5. The largest absolute Gasteiger partial charge is 0.480 e. The molecule has 1 aromatic heterocycles. The summed E-state index contributed by atoms with van der Waals surface area (Å²) in [4.78, 5) is 27.0. The normalized spacial score (nSPS) is 22.5. The fraction of sp³-hybridized carbons (Fsp3) is 0.500. The predicted octanol–water partition coefficient (Wildman–Crippen LogP) is 0.820. The third kappa shape index (κ3) is 3.05. The molecule has 2 amide bonds. The number of likely N-dealkylation sites (tertiary alicyclic amines) is 1. The van der Waals surface area contributed by atoms with Crippen LogP contribution in [0.5, 0.6) is 0 Å². The fourth-order valence-corrected chi connectivity index (χ4v) is 2.94. The molecule has 19 heavy (non-hydrogen) atoms. The van der Waals surface area contributed by atoms with Gasteiger partial charge in [-0.2, -0.15) is 0 Å². The van der Waals surface area contributed by atoms with Gasteiger partial charge in [0.05, 0.1) is 12.6 Å². The van der Waals surface area contributed by atoms with Gasteiger partial charge in [0.25, 0.3) is 0 Å². The van der Waals surface area contributed by atoms with Gasteiger partial charge in [-0.15, -0.1) is 11.3 Å². The monoisotopic (exact) mass is 284 g/mol. The van der Waals surface area contributed by atoms with Crippen molar-refractivity contribution in [1.82, 2.24) is 9.80 Å². The van der Waals surface area contributed by atoms with Crippen LogP contribution in [0.25, 0.3) is 0 Å². The lowest BCUT2D eigenvalue weighted by molar-refractivity contribution is -0.141. The molecule has 0 saturated carbocycles. The van der Waals surface area contributed by atoms with Crippen LogP contribution in [0.15, 0.2) is 17.5 Å². The molecule has 1 aromatic rings. The van der Waals surface area contributed by atoms with Gasteiger partial charge in [0.1, 0.15) is 6.04 Å². The van der Waals surface area contributed by atoms with Crippen molar-refractivity contribution >= 4 is 23.3 Å². The second kappa shape index (κ2) is 5.58. The molecule has 1 saturated heterocycles. The zero-order valence-electron chi connectivity index (χ0n) is 10.5. The molecule has 2 N–H and O–H groups in total. The summed E-state index contributed by atoms with van der Waals surface area (Å²) in [6.07, 6.45) is -0.673. The third-order valence-corrected chi connectivity index (χ3v) is 3.97. The highest BCUT2D eigenvalue weighted by Gasteiger charge is 2.40. The zero-order chi connectivity index (χ0) is 14.0. The van der Waals surface area contributed by atoms with Crippen molar-refractivity contribution in [3.05, 3.63) is 22.4 Å². The second-order valence-electron chi connectivity index (χ2n) is 4.61. The van der Waals surface area contributed by atoms with E-state index in [9.17, 15) is 14.7 Å². The van der Waals surface area contributed by atoms with E-state index in [1.165, 1.54) is 9.80 Å². The minimum Gasteiger partial charge on any atom is -0.480 e. The topological polar surface area (TPSA) is 81.1 Å². The number of carbonyl (C=O) groups excluding carboxylic acids is 1. The van der Waals surface area contributed by atoms with Crippen LogP contribution < -0.4 is 0 Å². The number of amides is 2. The van der Waals surface area contributed by atoms with Crippen LogP contribution in [-0.2, 0) is 11.3 Å². The SMILES string of the molecule is CN(Cc1cccs1)C(=O)N1CC(O)CC1C(=O)O. The van der Waals surface area contributed by atoms with Gasteiger partial charge >= 0.3 is 12.0 Å². The molecule has 2 unspecified atom stereocenters. The van der Waals surface area contributed by atoms with Gasteiger partial charge in [-0.05, 0) is 11.4 Å². The van der Waals surface area contributed by atoms with Crippen LogP contribution in [0.2, 0.25) is 0 Å². The number of hydrogen-bond donors (Lipinski definition) is 2. The highest BCUT2D eigenvalue weighted by Crippen LogP contribution is 2.21. The van der Waals surface area contributed by atoms with E-state index in [1.54, 1.807) is 18.4 Å². The molecule has 7 heteroatoms. The van der Waals surface area contributed by atoms with Gasteiger partial charge in [-0.1, -0.05) is 6.07 Å². The number of urea groups is 1. The van der Waals surface area contributed by atoms with Gasteiger partial charge < -0.3 is 20.0 Å². The van der Waals surface area contributed by atoms with E-state index in [0.29, 0.717) is 6.54 Å². The Kier molecular flexibility index (Phi) is 4.06. The molecule has 104 valence electrons. The molecule has 1 aliphatic heterocycles. The number of aliphatic hydroxyl groups is 1. The molecular weight excluding hydrogens is 268 g/mol. The maximum absolute atomic E-state index is 12.2. The Balaban J connectivity index is 2.03. The Morgan fingerprint density at radius 2 is 2.32 bits per heavy atom. The van der Waals surface area contributed by atoms with Gasteiger partial charge in [0.2, 0.25) is 0 Å². The molecule has 1 fully saturated rings. The lowest BCUT2D eigenvalue weighted by atomic mass is 10.2. The van der Waals surface area contributed by atoms with Crippen LogP contribution in [-0.4, -0.2) is 57.8 Å². The molecule has 1 aliphatic rings. The second-order valence-corrected chi connectivity index (χ2v) is 5.65. The Hall–Kier alpha value is -1.60. The number of aliphatic carboxylic acids is 1. The average molecular weight is 284 g/mol. The number of hydrogen-bond acceptors (Lipinski definition) is 4. The first-order chi connectivity index (χ1) is 8.99. The van der Waals surface area contributed by atoms with Crippen molar-refractivity contribution in [3.63, 3.8) is 0 Å². The smallest absolute Gasteiger partial charge is 0.326 e. The van der Waals surface area contributed by atoms with Gasteiger partial charge in [0.15, 0.2) is 0 Å². The summed E-state index contributed by atoms with van der Waals surface area (Å²) in [6.45, 7) is 0.514. The highest BCUT2D eigenvalue weighted by atomic mass is 32.1. The lowest BCUT2D eigenvalue weighted by Gasteiger charge is -2.27. The summed E-state index contributed by atoms with van der Waals surface area (Å²) < 4.78 is 0. The molecule has 0 aliphatic carbocycles. The molecule has 6 nitrogen and oxygen atoms in total. The molecular formula is C12H16N2O4S. The van der Waals surface area contributed by atoms with Gasteiger partial charge in [-0.3, -0.25) is 0 Å². The number of nitrogens with zero attached hydrogens (tertiary/aromatic N) is 2. The molecule has 2 heterocycles. The number of rotatable bonds is 3.